The van der Waals surface area contributed by atoms with Crippen LogP contribution in [0.25, 0.3) is 0 Å². The van der Waals surface area contributed by atoms with Crippen molar-refractivity contribution in [2.75, 3.05) is 13.8 Å². The fourth-order valence-corrected chi connectivity index (χ4v) is 3.00. The van der Waals surface area contributed by atoms with E-state index in [1.165, 1.54) is 10.6 Å². The number of nitrogens with zero attached hydrogens (tertiary/aromatic N) is 2. The molecule has 0 saturated heterocycles. The summed E-state index contributed by atoms with van der Waals surface area (Å²) in [7, 11) is 2.11. The zero-order valence-corrected chi connectivity index (χ0v) is 12.6. The number of ether oxygens (including phenoxy) is 2. The van der Waals surface area contributed by atoms with Gasteiger partial charge in [-0.15, -0.1) is 11.3 Å². The van der Waals surface area contributed by atoms with Crippen LogP contribution in [0.3, 0.4) is 0 Å². The summed E-state index contributed by atoms with van der Waals surface area (Å²) < 4.78 is 10.7. The Hall–Kier alpha value is -1.59. The van der Waals surface area contributed by atoms with Crippen molar-refractivity contribution in [3.05, 3.63) is 39.8 Å². The van der Waals surface area contributed by atoms with E-state index in [1.807, 2.05) is 6.07 Å². The van der Waals surface area contributed by atoms with Crippen LogP contribution in [-0.2, 0) is 19.5 Å². The molecule has 2 aromatic rings. The van der Waals surface area contributed by atoms with Gasteiger partial charge in [0.1, 0.15) is 0 Å². The molecule has 0 bridgehead atoms. The fourth-order valence-electron chi connectivity index (χ4n) is 2.27. The van der Waals surface area contributed by atoms with Gasteiger partial charge in [0, 0.05) is 18.5 Å². The maximum Gasteiger partial charge on any atom is 0.231 e. The number of benzene rings is 1. The molecule has 1 aromatic carbocycles. The lowest BCUT2D eigenvalue weighted by Crippen LogP contribution is -2.17. The summed E-state index contributed by atoms with van der Waals surface area (Å²) in [5.41, 5.74) is 2.37. The third-order valence-electron chi connectivity index (χ3n) is 3.22. The molecule has 0 aliphatic carbocycles. The first-order valence-corrected chi connectivity index (χ1v) is 7.63. The SMILES string of the molecule is CCc1nc(CN(C)Cc2ccc3c(c2)OCO3)cs1. The molecule has 1 aliphatic heterocycles. The van der Waals surface area contributed by atoms with Crippen molar-refractivity contribution in [1.82, 2.24) is 9.88 Å². The predicted molar refractivity (Wildman–Crippen MR) is 79.2 cm³/mol. The number of aryl methyl sites for hydroxylation is 1. The molecule has 1 aromatic heterocycles. The lowest BCUT2D eigenvalue weighted by Gasteiger charge is -2.15. The van der Waals surface area contributed by atoms with Crippen molar-refractivity contribution in [1.29, 1.82) is 0 Å². The Morgan fingerprint density at radius 3 is 2.90 bits per heavy atom. The number of fused-ring (bicyclic) bond motifs is 1. The third kappa shape index (κ3) is 2.94. The van der Waals surface area contributed by atoms with Crippen molar-refractivity contribution in [3.63, 3.8) is 0 Å². The van der Waals surface area contributed by atoms with Gasteiger partial charge in [-0.05, 0) is 31.2 Å². The van der Waals surface area contributed by atoms with Crippen LogP contribution in [0.5, 0.6) is 11.5 Å². The van der Waals surface area contributed by atoms with Gasteiger partial charge >= 0.3 is 0 Å². The van der Waals surface area contributed by atoms with Gasteiger partial charge in [-0.2, -0.15) is 0 Å². The van der Waals surface area contributed by atoms with E-state index in [-0.39, 0.29) is 0 Å². The molecular weight excluding hydrogens is 272 g/mol. The number of aromatic nitrogens is 1. The molecule has 0 amide bonds. The van der Waals surface area contributed by atoms with Crippen LogP contribution in [-0.4, -0.2) is 23.7 Å². The minimum Gasteiger partial charge on any atom is -0.454 e. The van der Waals surface area contributed by atoms with Crippen LogP contribution in [0.4, 0.5) is 0 Å². The predicted octanol–water partition coefficient (Wildman–Crippen LogP) is 3.07. The van der Waals surface area contributed by atoms with E-state index < -0.39 is 0 Å². The van der Waals surface area contributed by atoms with Crippen molar-refractivity contribution < 1.29 is 9.47 Å². The zero-order valence-electron chi connectivity index (χ0n) is 11.8. The molecule has 0 saturated carbocycles. The van der Waals surface area contributed by atoms with Gasteiger partial charge in [0.2, 0.25) is 6.79 Å². The van der Waals surface area contributed by atoms with Gasteiger partial charge in [0.05, 0.1) is 10.7 Å². The van der Waals surface area contributed by atoms with E-state index in [2.05, 4.69) is 41.4 Å². The van der Waals surface area contributed by atoms with Crippen molar-refractivity contribution >= 4 is 11.3 Å². The van der Waals surface area contributed by atoms with Gasteiger partial charge in [0.25, 0.3) is 0 Å². The molecule has 5 heteroatoms. The second kappa shape index (κ2) is 5.81. The van der Waals surface area contributed by atoms with E-state index in [0.29, 0.717) is 6.79 Å². The summed E-state index contributed by atoms with van der Waals surface area (Å²) >= 11 is 1.74. The van der Waals surface area contributed by atoms with Gasteiger partial charge in [0.15, 0.2) is 11.5 Å². The molecule has 3 rings (SSSR count). The summed E-state index contributed by atoms with van der Waals surface area (Å²) in [6.45, 7) is 4.20. The Morgan fingerprint density at radius 1 is 1.25 bits per heavy atom. The van der Waals surface area contributed by atoms with Crippen LogP contribution in [0.1, 0.15) is 23.2 Å². The highest BCUT2D eigenvalue weighted by Gasteiger charge is 2.14. The van der Waals surface area contributed by atoms with E-state index in [4.69, 9.17) is 9.47 Å². The average molecular weight is 290 g/mol. The maximum atomic E-state index is 5.41. The monoisotopic (exact) mass is 290 g/mol. The molecule has 1 aliphatic rings. The highest BCUT2D eigenvalue weighted by molar-refractivity contribution is 7.09. The lowest BCUT2D eigenvalue weighted by atomic mass is 10.2. The Bertz CT molecular complexity index is 597. The minimum absolute atomic E-state index is 0.327. The van der Waals surface area contributed by atoms with Gasteiger partial charge in [-0.3, -0.25) is 4.90 Å². The standard InChI is InChI=1S/C15H18N2O2S/c1-3-15-16-12(9-20-15)8-17(2)7-11-4-5-13-14(6-11)19-10-18-13/h4-6,9H,3,7-8,10H2,1-2H3. The average Bonchev–Trinajstić information content (AvgIpc) is 3.06. The fraction of sp³-hybridized carbons (Fsp3) is 0.400. The van der Waals surface area contributed by atoms with E-state index in [1.54, 1.807) is 11.3 Å². The van der Waals surface area contributed by atoms with Crippen LogP contribution in [0, 0.1) is 0 Å². The van der Waals surface area contributed by atoms with Crippen molar-refractivity contribution in [2.45, 2.75) is 26.4 Å². The first-order chi connectivity index (χ1) is 9.74. The van der Waals surface area contributed by atoms with E-state index in [9.17, 15) is 0 Å². The quantitative estimate of drug-likeness (QED) is 0.847. The van der Waals surface area contributed by atoms with Crippen LogP contribution < -0.4 is 9.47 Å². The van der Waals surface area contributed by atoms with Gasteiger partial charge in [-0.25, -0.2) is 4.98 Å². The summed E-state index contributed by atoms with van der Waals surface area (Å²) in [5, 5.41) is 3.35. The van der Waals surface area contributed by atoms with E-state index in [0.717, 1.165) is 36.7 Å². The van der Waals surface area contributed by atoms with Crippen LogP contribution in [0.2, 0.25) is 0 Å². The second-order valence-corrected chi connectivity index (χ2v) is 5.89. The number of hydrogen-bond donors (Lipinski definition) is 0. The summed E-state index contributed by atoms with van der Waals surface area (Å²) in [6, 6.07) is 6.11. The van der Waals surface area contributed by atoms with Gasteiger partial charge < -0.3 is 9.47 Å². The molecule has 20 heavy (non-hydrogen) atoms. The Labute approximate surface area is 123 Å². The van der Waals surface area contributed by atoms with Crippen LogP contribution in [0.15, 0.2) is 23.6 Å². The topological polar surface area (TPSA) is 34.6 Å². The van der Waals surface area contributed by atoms with Gasteiger partial charge in [-0.1, -0.05) is 13.0 Å². The summed E-state index contributed by atoms with van der Waals surface area (Å²) in [4.78, 5) is 6.86. The number of thiazole rings is 1. The number of rotatable bonds is 5. The molecule has 106 valence electrons. The second-order valence-electron chi connectivity index (χ2n) is 4.95. The van der Waals surface area contributed by atoms with Crippen molar-refractivity contribution in [2.24, 2.45) is 0 Å². The maximum absolute atomic E-state index is 5.41. The molecule has 0 unspecified atom stereocenters. The highest BCUT2D eigenvalue weighted by Crippen LogP contribution is 2.32. The lowest BCUT2D eigenvalue weighted by molar-refractivity contribution is 0.174. The Morgan fingerprint density at radius 2 is 2.10 bits per heavy atom. The zero-order chi connectivity index (χ0) is 13.9. The summed E-state index contributed by atoms with van der Waals surface area (Å²) in [6.07, 6.45) is 1.01. The summed E-state index contributed by atoms with van der Waals surface area (Å²) in [5.74, 6) is 1.68. The Kier molecular flexibility index (Phi) is 3.89. The highest BCUT2D eigenvalue weighted by atomic mass is 32.1. The minimum atomic E-state index is 0.327. The molecule has 0 N–H and O–H groups in total. The molecule has 0 atom stereocenters. The smallest absolute Gasteiger partial charge is 0.231 e. The molecule has 2 heterocycles. The normalized spacial score (nSPS) is 13.2. The molecule has 0 fully saturated rings. The third-order valence-corrected chi connectivity index (χ3v) is 4.27. The molecule has 4 nitrogen and oxygen atoms in total. The first-order valence-electron chi connectivity index (χ1n) is 6.75. The van der Waals surface area contributed by atoms with E-state index >= 15 is 0 Å². The largest absolute Gasteiger partial charge is 0.454 e. The molecular formula is C15H18N2O2S. The first kappa shape index (κ1) is 13.4. The molecule has 0 radical (unpaired) electrons. The number of hydrogen-bond acceptors (Lipinski definition) is 5. The van der Waals surface area contributed by atoms with Crippen molar-refractivity contribution in [3.8, 4) is 11.5 Å². The Balaban J connectivity index is 1.62. The molecule has 0 spiro atoms. The van der Waals surface area contributed by atoms with Crippen LogP contribution >= 0.6 is 11.3 Å².